The van der Waals surface area contributed by atoms with Crippen molar-refractivity contribution in [1.82, 2.24) is 0 Å². The number of carbonyl (C=O) groups excluding carboxylic acids is 1. The van der Waals surface area contributed by atoms with Gasteiger partial charge in [0.05, 0.1) is 6.61 Å². The van der Waals surface area contributed by atoms with Crippen LogP contribution in [0.5, 0.6) is 0 Å². The summed E-state index contributed by atoms with van der Waals surface area (Å²) in [4.78, 5) is 10.9. The summed E-state index contributed by atoms with van der Waals surface area (Å²) >= 11 is 0. The van der Waals surface area contributed by atoms with Crippen LogP contribution in [0.25, 0.3) is 0 Å². The van der Waals surface area contributed by atoms with Gasteiger partial charge >= 0.3 is 14.8 Å². The van der Waals surface area contributed by atoms with Gasteiger partial charge in [-0.2, -0.15) is 0 Å². The zero-order valence-electron chi connectivity index (χ0n) is 10.6. The van der Waals surface area contributed by atoms with Crippen molar-refractivity contribution < 1.29 is 22.8 Å². The van der Waals surface area contributed by atoms with Crippen LogP contribution in [0.4, 0.5) is 0 Å². The molecule has 0 fully saturated rings. The van der Waals surface area contributed by atoms with Gasteiger partial charge < -0.3 is 18.0 Å². The number of esters is 1. The Bertz CT molecular complexity index is 194. The Kier molecular flexibility index (Phi) is 8.45. The van der Waals surface area contributed by atoms with Crippen molar-refractivity contribution in [2.45, 2.75) is 32.7 Å². The van der Waals surface area contributed by atoms with Gasteiger partial charge in [-0.1, -0.05) is 6.92 Å². The van der Waals surface area contributed by atoms with Gasteiger partial charge in [0.1, 0.15) is 0 Å². The van der Waals surface area contributed by atoms with Gasteiger partial charge in [0.15, 0.2) is 0 Å². The Hall–Kier alpha value is -0.433. The maximum atomic E-state index is 10.9. The molecule has 0 aromatic carbocycles. The van der Waals surface area contributed by atoms with Crippen molar-refractivity contribution in [3.8, 4) is 0 Å². The third kappa shape index (κ3) is 5.60. The summed E-state index contributed by atoms with van der Waals surface area (Å²) in [5, 5.41) is 0. The van der Waals surface area contributed by atoms with Crippen LogP contribution in [0.15, 0.2) is 0 Å². The highest BCUT2D eigenvalue weighted by molar-refractivity contribution is 6.60. The first-order valence-corrected chi connectivity index (χ1v) is 7.47. The number of ether oxygens (including phenoxy) is 1. The molecule has 0 saturated carbocycles. The summed E-state index contributed by atoms with van der Waals surface area (Å²) in [7, 11) is 0.657. The van der Waals surface area contributed by atoms with Crippen molar-refractivity contribution in [2.75, 3.05) is 27.4 Å². The van der Waals surface area contributed by atoms with E-state index in [1.165, 1.54) is 0 Å². The maximum Gasteiger partial charge on any atom is 0.500 e. The van der Waals surface area contributed by atoms with Crippen LogP contribution in [0, 0.1) is 0 Å². The van der Waals surface area contributed by atoms with Crippen molar-refractivity contribution in [3.05, 3.63) is 0 Å². The molecule has 0 unspecified atom stereocenters. The monoisotopic (exact) mass is 250 g/mol. The molecule has 6 heteroatoms. The van der Waals surface area contributed by atoms with Gasteiger partial charge in [0, 0.05) is 33.3 Å². The largest absolute Gasteiger partial charge is 0.500 e. The summed E-state index contributed by atoms with van der Waals surface area (Å²) in [6.45, 7) is 4.62. The van der Waals surface area contributed by atoms with Crippen LogP contribution in [0.2, 0.25) is 6.04 Å². The van der Waals surface area contributed by atoms with Gasteiger partial charge in [-0.3, -0.25) is 4.79 Å². The zero-order valence-corrected chi connectivity index (χ0v) is 11.6. The normalized spacial score (nSPS) is 11.5. The van der Waals surface area contributed by atoms with E-state index in [1.54, 1.807) is 21.1 Å². The summed E-state index contributed by atoms with van der Waals surface area (Å²) in [5.74, 6) is -0.182. The molecule has 0 aromatic heterocycles. The molecule has 0 amide bonds. The number of hydrogen-bond donors (Lipinski definition) is 0. The molecule has 0 radical (unpaired) electrons. The second-order valence-electron chi connectivity index (χ2n) is 3.20. The predicted octanol–water partition coefficient (Wildman–Crippen LogP) is 1.60. The molecule has 0 spiro atoms. The second kappa shape index (κ2) is 8.69. The lowest BCUT2D eigenvalue weighted by Gasteiger charge is -2.25. The van der Waals surface area contributed by atoms with Gasteiger partial charge in [0.25, 0.3) is 0 Å². The molecule has 0 aliphatic rings. The zero-order chi connectivity index (χ0) is 12.4. The van der Waals surface area contributed by atoms with E-state index in [1.807, 2.05) is 6.92 Å². The SMILES string of the molecule is CCO[Si](CCCOC(=O)CC)(OC)OC. The lowest BCUT2D eigenvalue weighted by molar-refractivity contribution is -0.143. The number of rotatable bonds is 9. The fourth-order valence-corrected chi connectivity index (χ4v) is 3.25. The molecular weight excluding hydrogens is 228 g/mol. The third-order valence-electron chi connectivity index (χ3n) is 2.17. The van der Waals surface area contributed by atoms with Gasteiger partial charge in [0.2, 0.25) is 0 Å². The Labute approximate surface area is 98.4 Å². The van der Waals surface area contributed by atoms with E-state index < -0.39 is 8.80 Å². The van der Waals surface area contributed by atoms with E-state index in [0.717, 1.165) is 0 Å². The Morgan fingerprint density at radius 3 is 2.25 bits per heavy atom. The molecule has 0 atom stereocenters. The van der Waals surface area contributed by atoms with E-state index in [9.17, 15) is 4.79 Å². The van der Waals surface area contributed by atoms with Crippen molar-refractivity contribution in [3.63, 3.8) is 0 Å². The minimum atomic E-state index is -2.52. The topological polar surface area (TPSA) is 54.0 Å². The van der Waals surface area contributed by atoms with E-state index in [4.69, 9.17) is 18.0 Å². The highest BCUT2D eigenvalue weighted by atomic mass is 28.4. The van der Waals surface area contributed by atoms with Gasteiger partial charge in [-0.15, -0.1) is 0 Å². The van der Waals surface area contributed by atoms with Crippen molar-refractivity contribution >= 4 is 14.8 Å². The molecular formula is C10H22O5Si. The van der Waals surface area contributed by atoms with Gasteiger partial charge in [-0.05, 0) is 13.3 Å². The number of hydrogen-bond acceptors (Lipinski definition) is 5. The quantitative estimate of drug-likeness (QED) is 0.353. The molecule has 0 heterocycles. The maximum absolute atomic E-state index is 10.9. The molecule has 16 heavy (non-hydrogen) atoms. The summed E-state index contributed by atoms with van der Waals surface area (Å²) in [6.07, 6.45) is 1.10. The fraction of sp³-hybridized carbons (Fsp3) is 0.900. The molecule has 0 bridgehead atoms. The Morgan fingerprint density at radius 1 is 1.19 bits per heavy atom. The first-order chi connectivity index (χ1) is 7.64. The molecule has 0 aromatic rings. The van der Waals surface area contributed by atoms with Crippen LogP contribution in [0.3, 0.4) is 0 Å². The average Bonchev–Trinajstić information content (AvgIpc) is 2.32. The molecule has 96 valence electrons. The Balaban J connectivity index is 3.88. The van der Waals surface area contributed by atoms with Crippen LogP contribution in [-0.4, -0.2) is 42.2 Å². The highest BCUT2D eigenvalue weighted by Crippen LogP contribution is 2.15. The summed E-state index contributed by atoms with van der Waals surface area (Å²) in [6, 6.07) is 0.658. The molecule has 0 saturated heterocycles. The van der Waals surface area contributed by atoms with Crippen molar-refractivity contribution in [1.29, 1.82) is 0 Å². The van der Waals surface area contributed by atoms with Crippen LogP contribution >= 0.6 is 0 Å². The molecule has 5 nitrogen and oxygen atoms in total. The molecule has 0 aliphatic carbocycles. The van der Waals surface area contributed by atoms with E-state index in [-0.39, 0.29) is 5.97 Å². The standard InChI is InChI=1S/C10H22O5Si/c1-5-10(11)14-8-7-9-16(12-3,13-4)15-6-2/h5-9H2,1-4H3. The average molecular weight is 250 g/mol. The molecule has 0 N–H and O–H groups in total. The molecule has 0 aliphatic heterocycles. The Morgan fingerprint density at radius 2 is 1.81 bits per heavy atom. The highest BCUT2D eigenvalue weighted by Gasteiger charge is 2.37. The minimum absolute atomic E-state index is 0.182. The summed E-state index contributed by atoms with van der Waals surface area (Å²) < 4.78 is 21.1. The lowest BCUT2D eigenvalue weighted by atomic mass is 10.5. The minimum Gasteiger partial charge on any atom is -0.466 e. The van der Waals surface area contributed by atoms with Crippen molar-refractivity contribution in [2.24, 2.45) is 0 Å². The third-order valence-corrected chi connectivity index (χ3v) is 5.10. The van der Waals surface area contributed by atoms with Gasteiger partial charge in [-0.25, -0.2) is 0 Å². The van der Waals surface area contributed by atoms with E-state index >= 15 is 0 Å². The van der Waals surface area contributed by atoms with Crippen LogP contribution < -0.4 is 0 Å². The second-order valence-corrected chi connectivity index (χ2v) is 6.17. The first-order valence-electron chi connectivity index (χ1n) is 5.54. The predicted molar refractivity (Wildman–Crippen MR) is 62.1 cm³/mol. The van der Waals surface area contributed by atoms with Crippen LogP contribution in [0.1, 0.15) is 26.7 Å². The fourth-order valence-electron chi connectivity index (χ4n) is 1.27. The first kappa shape index (κ1) is 15.6. The summed E-state index contributed by atoms with van der Waals surface area (Å²) in [5.41, 5.74) is 0. The lowest BCUT2D eigenvalue weighted by Crippen LogP contribution is -2.44. The molecule has 0 rings (SSSR count). The smallest absolute Gasteiger partial charge is 0.466 e. The van der Waals surface area contributed by atoms with E-state index in [2.05, 4.69) is 0 Å². The van der Waals surface area contributed by atoms with E-state index in [0.29, 0.717) is 32.1 Å². The number of carbonyl (C=O) groups is 1. The van der Waals surface area contributed by atoms with Crippen LogP contribution in [-0.2, 0) is 22.8 Å².